The zero-order valence-corrected chi connectivity index (χ0v) is 12.3. The van der Waals surface area contributed by atoms with Crippen LogP contribution >= 0.6 is 0 Å². The Bertz CT molecular complexity index is 649. The molecule has 0 aliphatic carbocycles. The van der Waals surface area contributed by atoms with Gasteiger partial charge in [-0.05, 0) is 37.5 Å². The number of carbonyl (C=O) groups is 1. The van der Waals surface area contributed by atoms with Crippen LogP contribution in [0.5, 0.6) is 5.75 Å². The lowest BCUT2D eigenvalue weighted by atomic mass is 10.1. The molecule has 21 heavy (non-hydrogen) atoms. The molecule has 0 aromatic heterocycles. The van der Waals surface area contributed by atoms with Gasteiger partial charge in [-0.15, -0.1) is 0 Å². The minimum atomic E-state index is -3.86. The third-order valence-electron chi connectivity index (χ3n) is 3.34. The summed E-state index contributed by atoms with van der Waals surface area (Å²) in [6, 6.07) is 2.09. The number of carboxylic acid groups (broad SMARTS) is 1. The fourth-order valence-corrected chi connectivity index (χ4v) is 3.54. The highest BCUT2D eigenvalue weighted by Gasteiger charge is 2.24. The molecule has 1 aliphatic rings. The fourth-order valence-electron chi connectivity index (χ4n) is 2.22. The Labute approximate surface area is 122 Å². The lowest BCUT2D eigenvalue weighted by Gasteiger charge is -2.13. The molecule has 1 aliphatic heterocycles. The summed E-state index contributed by atoms with van der Waals surface area (Å²) in [5.74, 6) is -1.85. The Hall–Kier alpha value is -1.64. The van der Waals surface area contributed by atoms with E-state index in [2.05, 4.69) is 4.72 Å². The van der Waals surface area contributed by atoms with E-state index in [4.69, 9.17) is 9.84 Å². The quantitative estimate of drug-likeness (QED) is 0.742. The molecular formula is C13H17NO6S. The van der Waals surface area contributed by atoms with Crippen molar-refractivity contribution in [2.45, 2.75) is 30.8 Å². The number of phenols is 1. The molecule has 0 bridgehead atoms. The fraction of sp³-hybridized carbons (Fsp3) is 0.462. The Kier molecular flexibility index (Phi) is 4.50. The number of rotatable bonds is 5. The van der Waals surface area contributed by atoms with E-state index in [0.717, 1.165) is 25.0 Å². The predicted octanol–water partition coefficient (Wildman–Crippen LogP) is 0.856. The first kappa shape index (κ1) is 15.7. The zero-order chi connectivity index (χ0) is 15.6. The van der Waals surface area contributed by atoms with Crippen LogP contribution < -0.4 is 4.72 Å². The summed E-state index contributed by atoms with van der Waals surface area (Å²) in [5.41, 5.74) is -0.171. The van der Waals surface area contributed by atoms with Gasteiger partial charge < -0.3 is 14.9 Å². The molecule has 0 spiro atoms. The molecule has 0 saturated carbocycles. The highest BCUT2D eigenvalue weighted by atomic mass is 32.2. The molecule has 0 radical (unpaired) electrons. The van der Waals surface area contributed by atoms with Gasteiger partial charge in [-0.1, -0.05) is 0 Å². The van der Waals surface area contributed by atoms with Crippen LogP contribution in [0, 0.1) is 6.92 Å². The number of aromatic hydroxyl groups is 1. The highest BCUT2D eigenvalue weighted by molar-refractivity contribution is 7.89. The molecule has 1 fully saturated rings. The van der Waals surface area contributed by atoms with Gasteiger partial charge in [0.25, 0.3) is 0 Å². The van der Waals surface area contributed by atoms with Crippen LogP contribution in [0.25, 0.3) is 0 Å². The van der Waals surface area contributed by atoms with Crippen molar-refractivity contribution in [3.8, 4) is 5.75 Å². The van der Waals surface area contributed by atoms with E-state index in [1.165, 1.54) is 6.92 Å². The number of nitrogens with one attached hydrogen (secondary N) is 1. The molecule has 1 atom stereocenters. The summed E-state index contributed by atoms with van der Waals surface area (Å²) in [6.07, 6.45) is 1.53. The molecule has 7 nitrogen and oxygen atoms in total. The van der Waals surface area contributed by atoms with E-state index < -0.39 is 27.3 Å². The van der Waals surface area contributed by atoms with E-state index in [9.17, 15) is 18.3 Å². The van der Waals surface area contributed by atoms with Crippen LogP contribution in [0.2, 0.25) is 0 Å². The molecule has 1 heterocycles. The molecule has 1 saturated heterocycles. The Morgan fingerprint density at radius 3 is 2.76 bits per heavy atom. The van der Waals surface area contributed by atoms with Gasteiger partial charge >= 0.3 is 5.97 Å². The Morgan fingerprint density at radius 2 is 2.19 bits per heavy atom. The summed E-state index contributed by atoms with van der Waals surface area (Å²) in [7, 11) is -3.86. The van der Waals surface area contributed by atoms with Crippen LogP contribution in [0.1, 0.15) is 28.8 Å². The van der Waals surface area contributed by atoms with Crippen molar-refractivity contribution in [2.75, 3.05) is 13.2 Å². The molecule has 8 heteroatoms. The molecule has 3 N–H and O–H groups in total. The van der Waals surface area contributed by atoms with Crippen LogP contribution in [-0.2, 0) is 14.8 Å². The second-order valence-corrected chi connectivity index (χ2v) is 6.66. The Balaban J connectivity index is 2.26. The van der Waals surface area contributed by atoms with Crippen molar-refractivity contribution in [3.63, 3.8) is 0 Å². The van der Waals surface area contributed by atoms with Crippen molar-refractivity contribution >= 4 is 16.0 Å². The summed E-state index contributed by atoms with van der Waals surface area (Å²) in [6.45, 7) is 2.25. The smallest absolute Gasteiger partial charge is 0.339 e. The number of benzene rings is 1. The lowest BCUT2D eigenvalue weighted by molar-refractivity contribution is 0.0693. The largest absolute Gasteiger partial charge is 0.507 e. The maximum Gasteiger partial charge on any atom is 0.339 e. The number of sulfonamides is 1. The van der Waals surface area contributed by atoms with E-state index in [-0.39, 0.29) is 23.1 Å². The summed E-state index contributed by atoms with van der Waals surface area (Å²) in [5, 5.41) is 18.5. The standard InChI is InChI=1S/C13H17NO6S/c1-8-5-11(15)10(13(16)17)6-12(8)21(18,19)14-7-9-3-2-4-20-9/h5-6,9,14-15H,2-4,7H2,1H3,(H,16,17). The third-order valence-corrected chi connectivity index (χ3v) is 4.90. The van der Waals surface area contributed by atoms with Crippen LogP contribution in [0.4, 0.5) is 0 Å². The van der Waals surface area contributed by atoms with Gasteiger partial charge in [0, 0.05) is 13.2 Å². The van der Waals surface area contributed by atoms with Gasteiger partial charge in [0.2, 0.25) is 10.0 Å². The molecule has 2 rings (SSSR count). The SMILES string of the molecule is Cc1cc(O)c(C(=O)O)cc1S(=O)(=O)NCC1CCCO1. The second-order valence-electron chi connectivity index (χ2n) is 4.93. The minimum Gasteiger partial charge on any atom is -0.507 e. The monoisotopic (exact) mass is 315 g/mol. The molecule has 1 aromatic carbocycles. The molecule has 0 amide bonds. The summed E-state index contributed by atoms with van der Waals surface area (Å²) in [4.78, 5) is 10.8. The molecule has 1 unspecified atom stereocenters. The normalized spacial score (nSPS) is 18.8. The van der Waals surface area contributed by atoms with E-state index in [1.807, 2.05) is 0 Å². The molecular weight excluding hydrogens is 298 g/mol. The van der Waals surface area contributed by atoms with E-state index >= 15 is 0 Å². The maximum absolute atomic E-state index is 12.3. The van der Waals surface area contributed by atoms with Crippen molar-refractivity contribution in [1.29, 1.82) is 0 Å². The van der Waals surface area contributed by atoms with Gasteiger partial charge in [0.1, 0.15) is 11.3 Å². The Morgan fingerprint density at radius 1 is 1.48 bits per heavy atom. The van der Waals surface area contributed by atoms with Crippen molar-refractivity contribution in [1.82, 2.24) is 4.72 Å². The van der Waals surface area contributed by atoms with Crippen molar-refractivity contribution < 1.29 is 28.2 Å². The number of hydrogen-bond acceptors (Lipinski definition) is 5. The van der Waals surface area contributed by atoms with Crippen LogP contribution in [-0.4, -0.2) is 43.9 Å². The minimum absolute atomic E-state index is 0.144. The average Bonchev–Trinajstić information content (AvgIpc) is 2.88. The molecule has 116 valence electrons. The maximum atomic E-state index is 12.3. The first-order chi connectivity index (χ1) is 9.81. The van der Waals surface area contributed by atoms with Gasteiger partial charge in [-0.25, -0.2) is 17.9 Å². The predicted molar refractivity (Wildman–Crippen MR) is 74.0 cm³/mol. The number of ether oxygens (including phenoxy) is 1. The first-order valence-electron chi connectivity index (χ1n) is 6.49. The van der Waals surface area contributed by atoms with E-state index in [0.29, 0.717) is 6.61 Å². The van der Waals surface area contributed by atoms with Crippen molar-refractivity contribution in [2.24, 2.45) is 0 Å². The second kappa shape index (κ2) is 6.00. The number of hydrogen-bond donors (Lipinski definition) is 3. The number of aryl methyl sites for hydroxylation is 1. The van der Waals surface area contributed by atoms with Crippen molar-refractivity contribution in [3.05, 3.63) is 23.3 Å². The summed E-state index contributed by atoms with van der Waals surface area (Å²) >= 11 is 0. The van der Waals surface area contributed by atoms with Gasteiger partial charge in [-0.2, -0.15) is 0 Å². The molecule has 1 aromatic rings. The number of carboxylic acids is 1. The van der Waals surface area contributed by atoms with E-state index in [1.54, 1.807) is 0 Å². The summed E-state index contributed by atoms with van der Waals surface area (Å²) < 4.78 is 32.3. The van der Waals surface area contributed by atoms with Crippen LogP contribution in [0.15, 0.2) is 17.0 Å². The first-order valence-corrected chi connectivity index (χ1v) is 7.98. The van der Waals surface area contributed by atoms with Gasteiger partial charge in [-0.3, -0.25) is 0 Å². The topological polar surface area (TPSA) is 113 Å². The van der Waals surface area contributed by atoms with Crippen LogP contribution in [0.3, 0.4) is 0 Å². The number of aromatic carboxylic acids is 1. The van der Waals surface area contributed by atoms with Gasteiger partial charge in [0.05, 0.1) is 11.0 Å². The van der Waals surface area contributed by atoms with Gasteiger partial charge in [0.15, 0.2) is 0 Å². The zero-order valence-electron chi connectivity index (χ0n) is 11.5. The highest BCUT2D eigenvalue weighted by Crippen LogP contribution is 2.25. The average molecular weight is 315 g/mol. The third kappa shape index (κ3) is 3.52. The lowest BCUT2D eigenvalue weighted by Crippen LogP contribution is -2.32.